The molecule has 1 unspecified atom stereocenters. The molecule has 0 aliphatic carbocycles. The van der Waals surface area contributed by atoms with E-state index in [0.29, 0.717) is 0 Å². The molecule has 0 fully saturated rings. The van der Waals surface area contributed by atoms with Gasteiger partial charge < -0.3 is 0 Å². The quantitative estimate of drug-likeness (QED) is 0.813. The minimum atomic E-state index is -3.62. The van der Waals surface area contributed by atoms with Gasteiger partial charge in [0.15, 0.2) is 9.84 Å². The summed E-state index contributed by atoms with van der Waals surface area (Å²) in [6, 6.07) is 4.80. The number of Topliss-reactive ketones (excluding diaryl/α,β-unsaturated/α-hetero) is 1. The van der Waals surface area contributed by atoms with Crippen LogP contribution in [-0.4, -0.2) is 19.5 Å². The Hall–Kier alpha value is -1.23. The average molecular weight is 244 g/mol. The van der Waals surface area contributed by atoms with Gasteiger partial charge in [0, 0.05) is 6.42 Å². The lowest BCUT2D eigenvalue weighted by Gasteiger charge is -2.11. The Balaban J connectivity index is 3.07. The summed E-state index contributed by atoms with van der Waals surface area (Å²) in [5, 5.41) is -0.827. The van der Waals surface area contributed by atoms with E-state index in [1.165, 1.54) is 32.0 Å². The highest BCUT2D eigenvalue weighted by Crippen LogP contribution is 2.19. The summed E-state index contributed by atoms with van der Waals surface area (Å²) in [5.74, 6) is -0.802. The van der Waals surface area contributed by atoms with Crippen molar-refractivity contribution in [2.75, 3.05) is 0 Å². The minimum Gasteiger partial charge on any atom is -0.300 e. The Morgan fingerprint density at radius 3 is 2.56 bits per heavy atom. The molecule has 3 nitrogen and oxygen atoms in total. The zero-order valence-electron chi connectivity index (χ0n) is 9.10. The van der Waals surface area contributed by atoms with Crippen LogP contribution in [0.1, 0.15) is 20.3 Å². The lowest BCUT2D eigenvalue weighted by Crippen LogP contribution is -2.20. The first-order valence-electron chi connectivity index (χ1n) is 4.83. The zero-order valence-corrected chi connectivity index (χ0v) is 9.92. The second kappa shape index (κ2) is 4.74. The van der Waals surface area contributed by atoms with E-state index in [-0.39, 0.29) is 17.1 Å². The van der Waals surface area contributed by atoms with Gasteiger partial charge in [-0.05, 0) is 32.0 Å². The molecule has 0 N–H and O–H groups in total. The molecule has 1 atom stereocenters. The van der Waals surface area contributed by atoms with Crippen molar-refractivity contribution in [2.45, 2.75) is 30.4 Å². The first-order valence-corrected chi connectivity index (χ1v) is 6.37. The highest BCUT2D eigenvalue weighted by Gasteiger charge is 2.24. The minimum absolute atomic E-state index is 0.0567. The van der Waals surface area contributed by atoms with Gasteiger partial charge in [0.1, 0.15) is 11.6 Å². The summed E-state index contributed by atoms with van der Waals surface area (Å²) in [7, 11) is -3.62. The van der Waals surface area contributed by atoms with Crippen molar-refractivity contribution in [2.24, 2.45) is 0 Å². The Morgan fingerprint density at radius 2 is 2.06 bits per heavy atom. The van der Waals surface area contributed by atoms with Gasteiger partial charge in [0.2, 0.25) is 0 Å². The topological polar surface area (TPSA) is 51.2 Å². The van der Waals surface area contributed by atoms with Crippen LogP contribution < -0.4 is 0 Å². The van der Waals surface area contributed by atoms with Gasteiger partial charge in [-0.1, -0.05) is 6.07 Å². The normalized spacial score (nSPS) is 13.4. The Kier molecular flexibility index (Phi) is 3.80. The highest BCUT2D eigenvalue weighted by molar-refractivity contribution is 7.92. The van der Waals surface area contributed by atoms with Gasteiger partial charge in [0.05, 0.1) is 10.1 Å². The van der Waals surface area contributed by atoms with Gasteiger partial charge in [-0.25, -0.2) is 12.8 Å². The van der Waals surface area contributed by atoms with Crippen LogP contribution in [0, 0.1) is 5.82 Å². The van der Waals surface area contributed by atoms with Crippen molar-refractivity contribution < 1.29 is 17.6 Å². The largest absolute Gasteiger partial charge is 0.300 e. The van der Waals surface area contributed by atoms with E-state index in [9.17, 15) is 17.6 Å². The maximum absolute atomic E-state index is 12.9. The molecule has 0 spiro atoms. The summed E-state index contributed by atoms with van der Waals surface area (Å²) in [5.41, 5.74) is 0. The third kappa shape index (κ3) is 2.88. The highest BCUT2D eigenvalue weighted by atomic mass is 32.2. The van der Waals surface area contributed by atoms with E-state index in [1.807, 2.05) is 0 Å². The lowest BCUT2D eigenvalue weighted by atomic mass is 10.2. The number of carbonyl (C=O) groups excluding carboxylic acids is 1. The van der Waals surface area contributed by atoms with E-state index in [2.05, 4.69) is 0 Å². The van der Waals surface area contributed by atoms with Crippen LogP contribution in [0.15, 0.2) is 29.2 Å². The summed E-state index contributed by atoms with van der Waals surface area (Å²) >= 11 is 0. The average Bonchev–Trinajstić information content (AvgIpc) is 2.16. The number of hydrogen-bond acceptors (Lipinski definition) is 3. The Morgan fingerprint density at radius 1 is 1.44 bits per heavy atom. The summed E-state index contributed by atoms with van der Waals surface area (Å²) in [6.07, 6.45) is -0.0567. The van der Waals surface area contributed by atoms with E-state index < -0.39 is 20.9 Å². The molecule has 1 aromatic carbocycles. The van der Waals surface area contributed by atoms with Crippen LogP contribution in [0.4, 0.5) is 4.39 Å². The number of carbonyl (C=O) groups is 1. The van der Waals surface area contributed by atoms with E-state index in [0.717, 1.165) is 6.07 Å². The van der Waals surface area contributed by atoms with Crippen molar-refractivity contribution in [3.63, 3.8) is 0 Å². The predicted octanol–water partition coefficient (Wildman–Crippen LogP) is 1.97. The maximum atomic E-state index is 12.9. The van der Waals surface area contributed by atoms with Crippen molar-refractivity contribution in [1.29, 1.82) is 0 Å². The van der Waals surface area contributed by atoms with Crippen LogP contribution in [-0.2, 0) is 14.6 Å². The number of sulfone groups is 1. The Labute approximate surface area is 94.2 Å². The third-order valence-electron chi connectivity index (χ3n) is 2.23. The number of hydrogen-bond donors (Lipinski definition) is 0. The fourth-order valence-electron chi connectivity index (χ4n) is 1.39. The first kappa shape index (κ1) is 12.8. The zero-order chi connectivity index (χ0) is 12.3. The van der Waals surface area contributed by atoms with E-state index in [4.69, 9.17) is 0 Å². The summed E-state index contributed by atoms with van der Waals surface area (Å²) in [6.45, 7) is 2.78. The Bertz CT molecular complexity index is 494. The molecule has 0 aliphatic rings. The van der Waals surface area contributed by atoms with Crippen LogP contribution >= 0.6 is 0 Å². The number of benzene rings is 1. The fraction of sp³-hybridized carbons (Fsp3) is 0.364. The van der Waals surface area contributed by atoms with E-state index in [1.54, 1.807) is 0 Å². The van der Waals surface area contributed by atoms with Gasteiger partial charge in [-0.15, -0.1) is 0 Å². The molecule has 0 aromatic heterocycles. The number of rotatable bonds is 4. The number of ketones is 1. The van der Waals surface area contributed by atoms with Crippen molar-refractivity contribution in [1.82, 2.24) is 0 Å². The summed E-state index contributed by atoms with van der Waals surface area (Å²) < 4.78 is 36.7. The summed E-state index contributed by atoms with van der Waals surface area (Å²) in [4.78, 5) is 10.8. The number of halogens is 1. The van der Waals surface area contributed by atoms with Crippen molar-refractivity contribution in [3.8, 4) is 0 Å². The molecule has 0 radical (unpaired) electrons. The van der Waals surface area contributed by atoms with Gasteiger partial charge in [0.25, 0.3) is 0 Å². The molecule has 5 heteroatoms. The molecule has 16 heavy (non-hydrogen) atoms. The first-order chi connectivity index (χ1) is 7.34. The van der Waals surface area contributed by atoms with Gasteiger partial charge in [-0.3, -0.25) is 4.79 Å². The molecular formula is C11H13FO3S. The molecule has 0 heterocycles. The van der Waals surface area contributed by atoms with Crippen LogP contribution in [0.2, 0.25) is 0 Å². The van der Waals surface area contributed by atoms with Crippen molar-refractivity contribution >= 4 is 15.6 Å². The second-order valence-electron chi connectivity index (χ2n) is 3.72. The van der Waals surface area contributed by atoms with Crippen LogP contribution in [0.3, 0.4) is 0 Å². The smallest absolute Gasteiger partial charge is 0.181 e. The van der Waals surface area contributed by atoms with E-state index >= 15 is 0 Å². The molecular weight excluding hydrogens is 231 g/mol. The molecule has 0 amide bonds. The van der Waals surface area contributed by atoms with Crippen molar-refractivity contribution in [3.05, 3.63) is 30.1 Å². The second-order valence-corrected chi connectivity index (χ2v) is 6.09. The molecule has 0 saturated heterocycles. The SMILES string of the molecule is CC(=O)CC(C)S(=O)(=O)c1cccc(F)c1. The molecule has 1 aromatic rings. The molecule has 0 aliphatic heterocycles. The lowest BCUT2D eigenvalue weighted by molar-refractivity contribution is -0.116. The van der Waals surface area contributed by atoms with Crippen LogP contribution in [0.25, 0.3) is 0 Å². The third-order valence-corrected chi connectivity index (χ3v) is 4.37. The fourth-order valence-corrected chi connectivity index (χ4v) is 2.85. The molecule has 1 rings (SSSR count). The molecule has 0 saturated carbocycles. The van der Waals surface area contributed by atoms with Gasteiger partial charge >= 0.3 is 0 Å². The maximum Gasteiger partial charge on any atom is 0.181 e. The monoisotopic (exact) mass is 244 g/mol. The standard InChI is InChI=1S/C11H13FO3S/c1-8(13)6-9(2)16(14,15)11-5-3-4-10(12)7-11/h3-5,7,9H,6H2,1-2H3. The van der Waals surface area contributed by atoms with Crippen LogP contribution in [0.5, 0.6) is 0 Å². The molecule has 0 bridgehead atoms. The van der Waals surface area contributed by atoms with Gasteiger partial charge in [-0.2, -0.15) is 0 Å². The predicted molar refractivity (Wildman–Crippen MR) is 58.3 cm³/mol. The molecule has 88 valence electrons.